The molecular formula is C18H28ClN3O3. The summed E-state index contributed by atoms with van der Waals surface area (Å²) in [5, 5.41) is 5.77. The largest absolute Gasteiger partial charge is 0.484 e. The van der Waals surface area contributed by atoms with Gasteiger partial charge in [-0.25, -0.2) is 0 Å². The Bertz CT molecular complexity index is 545. The smallest absolute Gasteiger partial charge is 0.258 e. The fourth-order valence-electron chi connectivity index (χ4n) is 2.19. The number of halogens is 1. The Morgan fingerprint density at radius 3 is 2.52 bits per heavy atom. The minimum absolute atomic E-state index is 0. The van der Waals surface area contributed by atoms with E-state index in [-0.39, 0.29) is 36.9 Å². The fraction of sp³-hybridized carbons (Fsp3) is 0.556. The lowest BCUT2D eigenvalue weighted by atomic mass is 10.1. The van der Waals surface area contributed by atoms with Crippen molar-refractivity contribution >= 4 is 24.2 Å². The molecule has 25 heavy (non-hydrogen) atoms. The van der Waals surface area contributed by atoms with Crippen molar-refractivity contribution in [2.45, 2.75) is 51.1 Å². The fourth-order valence-corrected chi connectivity index (χ4v) is 2.19. The van der Waals surface area contributed by atoms with Crippen LogP contribution in [0.25, 0.3) is 0 Å². The Morgan fingerprint density at radius 2 is 1.92 bits per heavy atom. The predicted molar refractivity (Wildman–Crippen MR) is 99.9 cm³/mol. The molecule has 0 saturated heterocycles. The molecule has 1 saturated carbocycles. The molecule has 1 aromatic carbocycles. The van der Waals surface area contributed by atoms with E-state index in [0.29, 0.717) is 31.2 Å². The number of nitrogens with two attached hydrogens (primary N) is 1. The highest BCUT2D eigenvalue weighted by atomic mass is 35.5. The number of benzene rings is 1. The van der Waals surface area contributed by atoms with Crippen molar-refractivity contribution in [3.63, 3.8) is 0 Å². The van der Waals surface area contributed by atoms with E-state index in [0.717, 1.165) is 24.8 Å². The first kappa shape index (κ1) is 21.3. The number of ether oxygens (including phenoxy) is 1. The van der Waals surface area contributed by atoms with Crippen LogP contribution >= 0.6 is 12.4 Å². The van der Waals surface area contributed by atoms with Crippen LogP contribution in [-0.4, -0.2) is 37.0 Å². The summed E-state index contributed by atoms with van der Waals surface area (Å²) in [5.41, 5.74) is 6.74. The van der Waals surface area contributed by atoms with Gasteiger partial charge in [-0.3, -0.25) is 9.59 Å². The lowest BCUT2D eigenvalue weighted by molar-refractivity contribution is -0.123. The Morgan fingerprint density at radius 1 is 1.24 bits per heavy atom. The standard InChI is InChI=1S/C18H27N3O3.ClH/c1-13(19)2-9-17(22)20-11-10-14-3-7-16(8-4-14)24-12-18(23)21-15-5-6-15;/h3-4,7-8,13,15H,2,5-6,9-12,19H2,1H3,(H,20,22)(H,21,23);1H. The second-order valence-electron chi connectivity index (χ2n) is 6.39. The average molecular weight is 370 g/mol. The van der Waals surface area contributed by atoms with Gasteiger partial charge in [-0.15, -0.1) is 12.4 Å². The third-order valence-electron chi connectivity index (χ3n) is 3.80. The van der Waals surface area contributed by atoms with Gasteiger partial charge in [0.1, 0.15) is 5.75 Å². The third kappa shape index (κ3) is 9.31. The average Bonchev–Trinajstić information content (AvgIpc) is 3.36. The van der Waals surface area contributed by atoms with E-state index in [9.17, 15) is 9.59 Å². The molecule has 6 nitrogen and oxygen atoms in total. The van der Waals surface area contributed by atoms with Gasteiger partial charge in [0.25, 0.3) is 5.91 Å². The maximum Gasteiger partial charge on any atom is 0.258 e. The first-order valence-corrected chi connectivity index (χ1v) is 8.56. The molecule has 0 radical (unpaired) electrons. The van der Waals surface area contributed by atoms with E-state index >= 15 is 0 Å². The van der Waals surface area contributed by atoms with Crippen LogP contribution in [-0.2, 0) is 16.0 Å². The van der Waals surface area contributed by atoms with Crippen molar-refractivity contribution in [1.29, 1.82) is 0 Å². The summed E-state index contributed by atoms with van der Waals surface area (Å²) in [4.78, 5) is 23.1. The highest BCUT2D eigenvalue weighted by molar-refractivity contribution is 5.85. The van der Waals surface area contributed by atoms with Crippen LogP contribution in [0.15, 0.2) is 24.3 Å². The van der Waals surface area contributed by atoms with Crippen LogP contribution in [0, 0.1) is 0 Å². The quantitative estimate of drug-likeness (QED) is 0.583. The Hall–Kier alpha value is -1.79. The number of carbonyl (C=O) groups is 2. The SMILES string of the molecule is CC(N)CCC(=O)NCCc1ccc(OCC(=O)NC2CC2)cc1.Cl. The van der Waals surface area contributed by atoms with Gasteiger partial charge in [-0.1, -0.05) is 12.1 Å². The number of amides is 2. The summed E-state index contributed by atoms with van der Waals surface area (Å²) < 4.78 is 5.45. The zero-order chi connectivity index (χ0) is 17.4. The molecule has 140 valence electrons. The van der Waals surface area contributed by atoms with Crippen LogP contribution in [0.3, 0.4) is 0 Å². The summed E-state index contributed by atoms with van der Waals surface area (Å²) >= 11 is 0. The minimum atomic E-state index is -0.0731. The van der Waals surface area contributed by atoms with E-state index in [2.05, 4.69) is 10.6 Å². The predicted octanol–water partition coefficient (Wildman–Crippen LogP) is 1.55. The summed E-state index contributed by atoms with van der Waals surface area (Å²) in [5.74, 6) is 0.635. The lowest BCUT2D eigenvalue weighted by Gasteiger charge is -2.09. The second kappa shape index (κ2) is 10.9. The molecule has 1 aromatic rings. The minimum Gasteiger partial charge on any atom is -0.484 e. The van der Waals surface area contributed by atoms with Crippen LogP contribution in [0.1, 0.15) is 38.2 Å². The van der Waals surface area contributed by atoms with Crippen molar-refractivity contribution in [3.05, 3.63) is 29.8 Å². The van der Waals surface area contributed by atoms with Crippen molar-refractivity contribution in [2.24, 2.45) is 5.73 Å². The Balaban J connectivity index is 0.00000312. The molecule has 7 heteroatoms. The number of hydrogen-bond acceptors (Lipinski definition) is 4. The molecular weight excluding hydrogens is 342 g/mol. The molecule has 1 aliphatic carbocycles. The van der Waals surface area contributed by atoms with Crippen LogP contribution in [0.5, 0.6) is 5.75 Å². The highest BCUT2D eigenvalue weighted by Gasteiger charge is 2.23. The van der Waals surface area contributed by atoms with Gasteiger partial charge in [0.05, 0.1) is 0 Å². The first-order valence-electron chi connectivity index (χ1n) is 8.56. The van der Waals surface area contributed by atoms with Crippen molar-refractivity contribution in [3.8, 4) is 5.75 Å². The molecule has 0 spiro atoms. The molecule has 1 atom stereocenters. The van der Waals surface area contributed by atoms with Gasteiger partial charge < -0.3 is 21.1 Å². The van der Waals surface area contributed by atoms with E-state index in [4.69, 9.17) is 10.5 Å². The Labute approximate surface area is 155 Å². The van der Waals surface area contributed by atoms with Crippen molar-refractivity contribution < 1.29 is 14.3 Å². The second-order valence-corrected chi connectivity index (χ2v) is 6.39. The Kier molecular flexibility index (Phi) is 9.31. The molecule has 1 fully saturated rings. The molecule has 1 unspecified atom stereocenters. The molecule has 0 heterocycles. The summed E-state index contributed by atoms with van der Waals surface area (Å²) in [6.07, 6.45) is 4.07. The van der Waals surface area contributed by atoms with Crippen LogP contribution in [0.2, 0.25) is 0 Å². The lowest BCUT2D eigenvalue weighted by Crippen LogP contribution is -2.30. The number of rotatable bonds is 10. The van der Waals surface area contributed by atoms with E-state index in [1.807, 2.05) is 31.2 Å². The number of carbonyl (C=O) groups excluding carboxylic acids is 2. The maximum absolute atomic E-state index is 11.6. The van der Waals surface area contributed by atoms with Crippen molar-refractivity contribution in [2.75, 3.05) is 13.2 Å². The molecule has 1 aliphatic rings. The highest BCUT2D eigenvalue weighted by Crippen LogP contribution is 2.18. The topological polar surface area (TPSA) is 93.5 Å². The normalized spacial score (nSPS) is 14.2. The summed E-state index contributed by atoms with van der Waals surface area (Å²) in [6, 6.07) is 7.99. The molecule has 2 amide bonds. The van der Waals surface area contributed by atoms with Gasteiger partial charge in [-0.05, 0) is 50.3 Å². The molecule has 2 rings (SSSR count). The maximum atomic E-state index is 11.6. The molecule has 0 aromatic heterocycles. The molecule has 0 aliphatic heterocycles. The van der Waals surface area contributed by atoms with Crippen LogP contribution < -0.4 is 21.1 Å². The van der Waals surface area contributed by atoms with Gasteiger partial charge in [0.15, 0.2) is 6.61 Å². The molecule has 4 N–H and O–H groups in total. The van der Waals surface area contributed by atoms with E-state index in [1.165, 1.54) is 0 Å². The third-order valence-corrected chi connectivity index (χ3v) is 3.80. The first-order chi connectivity index (χ1) is 11.5. The monoisotopic (exact) mass is 369 g/mol. The van der Waals surface area contributed by atoms with Crippen LogP contribution in [0.4, 0.5) is 0 Å². The zero-order valence-electron chi connectivity index (χ0n) is 14.6. The number of hydrogen-bond donors (Lipinski definition) is 3. The van der Waals surface area contributed by atoms with E-state index in [1.54, 1.807) is 0 Å². The zero-order valence-corrected chi connectivity index (χ0v) is 15.4. The summed E-state index contributed by atoms with van der Waals surface area (Å²) in [7, 11) is 0. The van der Waals surface area contributed by atoms with Gasteiger partial charge in [-0.2, -0.15) is 0 Å². The van der Waals surface area contributed by atoms with Gasteiger partial charge in [0, 0.05) is 25.0 Å². The summed E-state index contributed by atoms with van der Waals surface area (Å²) in [6.45, 7) is 2.54. The van der Waals surface area contributed by atoms with E-state index < -0.39 is 0 Å². The molecule has 0 bridgehead atoms. The van der Waals surface area contributed by atoms with Crippen molar-refractivity contribution in [1.82, 2.24) is 10.6 Å². The van der Waals surface area contributed by atoms with Gasteiger partial charge in [0.2, 0.25) is 5.91 Å². The number of nitrogens with one attached hydrogen (secondary N) is 2. The van der Waals surface area contributed by atoms with Gasteiger partial charge >= 0.3 is 0 Å².